The lowest BCUT2D eigenvalue weighted by molar-refractivity contribution is 0.237. The molecule has 0 radical (unpaired) electrons. The summed E-state index contributed by atoms with van der Waals surface area (Å²) in [5.74, 6) is -0.185. The number of halogens is 2. The Morgan fingerprint density at radius 3 is 2.80 bits per heavy atom. The highest BCUT2D eigenvalue weighted by Gasteiger charge is 2.19. The highest BCUT2D eigenvalue weighted by atomic mass is 127. The molecule has 1 aliphatic heterocycles. The molecule has 1 unspecified atom stereocenters. The summed E-state index contributed by atoms with van der Waals surface area (Å²) in [5, 5.41) is 0. The first kappa shape index (κ1) is 14.5. The first-order chi connectivity index (χ1) is 9.56. The second kappa shape index (κ2) is 5.73. The minimum Gasteiger partial charge on any atom is -0.331 e. The molecule has 0 saturated carbocycles. The topological polar surface area (TPSA) is 24.0 Å². The van der Waals surface area contributed by atoms with Crippen molar-refractivity contribution in [2.45, 2.75) is 32.4 Å². The molecule has 2 heterocycles. The molecule has 1 aromatic carbocycles. The second-order valence-electron chi connectivity index (χ2n) is 5.42. The number of hydrogen-bond donors (Lipinski definition) is 1. The zero-order valence-corrected chi connectivity index (χ0v) is 14.3. The van der Waals surface area contributed by atoms with Crippen molar-refractivity contribution >= 4 is 45.8 Å². The van der Waals surface area contributed by atoms with Crippen molar-refractivity contribution in [1.29, 1.82) is 0 Å². The predicted octanol–water partition coefficient (Wildman–Crippen LogP) is 3.93. The van der Waals surface area contributed by atoms with Gasteiger partial charge in [0.15, 0.2) is 4.77 Å². The lowest BCUT2D eigenvalue weighted by atomic mass is 10.2. The molecule has 108 valence electrons. The number of imidazole rings is 1. The van der Waals surface area contributed by atoms with Gasteiger partial charge in [0.1, 0.15) is 5.82 Å². The van der Waals surface area contributed by atoms with Gasteiger partial charge in [0.25, 0.3) is 0 Å². The van der Waals surface area contributed by atoms with Crippen LogP contribution in [0.3, 0.4) is 0 Å². The fraction of sp³-hybridized carbons (Fsp3) is 0.500. The number of likely N-dealkylation sites (tertiary alicyclic amines) is 1. The second-order valence-corrected chi connectivity index (χ2v) is 6.97. The Balaban J connectivity index is 1.96. The first-order valence-electron chi connectivity index (χ1n) is 6.88. The van der Waals surface area contributed by atoms with E-state index in [-0.39, 0.29) is 5.82 Å². The number of fused-ring (bicyclic) bond motifs is 1. The maximum absolute atomic E-state index is 13.8. The van der Waals surface area contributed by atoms with E-state index >= 15 is 0 Å². The Hall–Kier alpha value is -0.470. The van der Waals surface area contributed by atoms with Crippen molar-refractivity contribution in [3.8, 4) is 0 Å². The number of rotatable bonds is 3. The molecule has 1 N–H and O–H groups in total. The van der Waals surface area contributed by atoms with E-state index in [0.717, 1.165) is 30.7 Å². The average Bonchev–Trinajstić information content (AvgIpc) is 3.01. The van der Waals surface area contributed by atoms with Crippen LogP contribution in [0.4, 0.5) is 4.39 Å². The van der Waals surface area contributed by atoms with E-state index < -0.39 is 0 Å². The van der Waals surface area contributed by atoms with Gasteiger partial charge in [-0.2, -0.15) is 0 Å². The van der Waals surface area contributed by atoms with Crippen LogP contribution in [-0.2, 0) is 6.54 Å². The number of hydrogen-bond acceptors (Lipinski definition) is 2. The molecular formula is C14H17FIN3S. The highest BCUT2D eigenvalue weighted by molar-refractivity contribution is 14.1. The number of aromatic nitrogens is 2. The fourth-order valence-electron chi connectivity index (χ4n) is 2.90. The zero-order chi connectivity index (χ0) is 14.3. The van der Waals surface area contributed by atoms with Crippen molar-refractivity contribution in [2.24, 2.45) is 0 Å². The SMILES string of the molecule is CC(Cn1c(=S)[nH]c2cc(I)c(F)cc21)N1CCCC1. The Bertz CT molecular complexity index is 688. The molecule has 1 saturated heterocycles. The Labute approximate surface area is 136 Å². The van der Waals surface area contributed by atoms with Crippen LogP contribution in [0, 0.1) is 14.2 Å². The van der Waals surface area contributed by atoms with E-state index in [0.29, 0.717) is 14.4 Å². The summed E-state index contributed by atoms with van der Waals surface area (Å²) in [7, 11) is 0. The van der Waals surface area contributed by atoms with E-state index in [4.69, 9.17) is 12.2 Å². The summed E-state index contributed by atoms with van der Waals surface area (Å²) in [5.41, 5.74) is 1.77. The molecular weight excluding hydrogens is 388 g/mol. The van der Waals surface area contributed by atoms with Crippen LogP contribution in [0.5, 0.6) is 0 Å². The van der Waals surface area contributed by atoms with Crippen molar-refractivity contribution in [3.05, 3.63) is 26.3 Å². The standard InChI is InChI=1S/C14H17FIN3S/c1-9(18-4-2-3-5-18)8-19-13-6-10(15)11(16)7-12(13)17-14(19)20/h6-7,9H,2-5,8H2,1H3,(H,17,20). The molecule has 2 aromatic rings. The fourth-order valence-corrected chi connectivity index (χ4v) is 3.65. The molecule has 3 rings (SSSR count). The van der Waals surface area contributed by atoms with Crippen LogP contribution >= 0.6 is 34.8 Å². The molecule has 1 atom stereocenters. The van der Waals surface area contributed by atoms with Crippen molar-refractivity contribution in [3.63, 3.8) is 0 Å². The third-order valence-corrected chi connectivity index (χ3v) is 5.18. The summed E-state index contributed by atoms with van der Waals surface area (Å²) < 4.78 is 17.1. The Morgan fingerprint density at radius 2 is 2.10 bits per heavy atom. The van der Waals surface area contributed by atoms with E-state index in [1.165, 1.54) is 12.8 Å². The minimum atomic E-state index is -0.185. The maximum Gasteiger partial charge on any atom is 0.178 e. The average molecular weight is 405 g/mol. The molecule has 1 fully saturated rings. The molecule has 0 aliphatic carbocycles. The number of benzene rings is 1. The van der Waals surface area contributed by atoms with E-state index in [9.17, 15) is 4.39 Å². The molecule has 0 amide bonds. The monoisotopic (exact) mass is 405 g/mol. The summed E-state index contributed by atoms with van der Waals surface area (Å²) in [6.07, 6.45) is 2.55. The molecule has 1 aliphatic rings. The van der Waals surface area contributed by atoms with Crippen molar-refractivity contribution in [2.75, 3.05) is 13.1 Å². The van der Waals surface area contributed by atoms with Gasteiger partial charge in [0.2, 0.25) is 0 Å². The maximum atomic E-state index is 13.8. The van der Waals surface area contributed by atoms with Gasteiger partial charge in [-0.3, -0.25) is 4.90 Å². The number of nitrogens with one attached hydrogen (secondary N) is 1. The molecule has 20 heavy (non-hydrogen) atoms. The third kappa shape index (κ3) is 2.65. The molecule has 3 nitrogen and oxygen atoms in total. The zero-order valence-electron chi connectivity index (χ0n) is 11.3. The third-order valence-electron chi connectivity index (χ3n) is 4.03. The molecule has 6 heteroatoms. The highest BCUT2D eigenvalue weighted by Crippen LogP contribution is 2.22. The van der Waals surface area contributed by atoms with E-state index in [1.54, 1.807) is 6.07 Å². The van der Waals surface area contributed by atoms with Crippen LogP contribution in [0.15, 0.2) is 12.1 Å². The number of aromatic amines is 1. The van der Waals surface area contributed by atoms with Gasteiger partial charge >= 0.3 is 0 Å². The quantitative estimate of drug-likeness (QED) is 0.618. The van der Waals surface area contributed by atoms with Gasteiger partial charge in [-0.25, -0.2) is 4.39 Å². The van der Waals surface area contributed by atoms with Crippen molar-refractivity contribution in [1.82, 2.24) is 14.5 Å². The number of H-pyrrole nitrogens is 1. The largest absolute Gasteiger partial charge is 0.331 e. The van der Waals surface area contributed by atoms with E-state index in [1.807, 2.05) is 33.2 Å². The van der Waals surface area contributed by atoms with Gasteiger partial charge in [-0.05, 0) is 73.7 Å². The van der Waals surface area contributed by atoms with Crippen LogP contribution in [-0.4, -0.2) is 33.6 Å². The smallest absolute Gasteiger partial charge is 0.178 e. The Kier molecular flexibility index (Phi) is 4.14. The van der Waals surface area contributed by atoms with Gasteiger partial charge in [0, 0.05) is 18.7 Å². The summed E-state index contributed by atoms with van der Waals surface area (Å²) >= 11 is 7.40. The van der Waals surface area contributed by atoms with E-state index in [2.05, 4.69) is 16.8 Å². The lowest BCUT2D eigenvalue weighted by Crippen LogP contribution is -2.33. The van der Waals surface area contributed by atoms with Crippen LogP contribution in [0.25, 0.3) is 11.0 Å². The van der Waals surface area contributed by atoms with Crippen LogP contribution in [0.2, 0.25) is 0 Å². The molecule has 1 aromatic heterocycles. The Morgan fingerprint density at radius 1 is 1.40 bits per heavy atom. The van der Waals surface area contributed by atoms with Crippen molar-refractivity contribution < 1.29 is 4.39 Å². The van der Waals surface area contributed by atoms with Crippen LogP contribution < -0.4 is 0 Å². The summed E-state index contributed by atoms with van der Waals surface area (Å²) in [4.78, 5) is 5.65. The molecule has 0 bridgehead atoms. The van der Waals surface area contributed by atoms with Crippen LogP contribution in [0.1, 0.15) is 19.8 Å². The summed E-state index contributed by atoms with van der Waals surface area (Å²) in [6.45, 7) is 5.33. The first-order valence-corrected chi connectivity index (χ1v) is 8.36. The lowest BCUT2D eigenvalue weighted by Gasteiger charge is -2.24. The normalized spacial score (nSPS) is 17.9. The molecule has 0 spiro atoms. The summed E-state index contributed by atoms with van der Waals surface area (Å²) in [6, 6.07) is 3.82. The van der Waals surface area contributed by atoms with Gasteiger partial charge in [-0.1, -0.05) is 0 Å². The van der Waals surface area contributed by atoms with Gasteiger partial charge in [-0.15, -0.1) is 0 Å². The van der Waals surface area contributed by atoms with Gasteiger partial charge < -0.3 is 9.55 Å². The van der Waals surface area contributed by atoms with Gasteiger partial charge in [0.05, 0.1) is 14.6 Å². The minimum absolute atomic E-state index is 0.185. The number of nitrogens with zero attached hydrogens (tertiary/aromatic N) is 2. The predicted molar refractivity (Wildman–Crippen MR) is 90.1 cm³/mol.